The zero-order valence-corrected chi connectivity index (χ0v) is 20.6. The molecule has 3 rings (SSSR count). The molecule has 1 aliphatic rings. The van der Waals surface area contributed by atoms with Gasteiger partial charge in [0.1, 0.15) is 11.5 Å². The summed E-state index contributed by atoms with van der Waals surface area (Å²) in [6.07, 6.45) is 11.1. The normalized spacial score (nSPS) is 16.2. The van der Waals surface area contributed by atoms with Crippen molar-refractivity contribution in [2.45, 2.75) is 92.4 Å². The monoisotopic (exact) mass is 424 g/mol. The fourth-order valence-electron chi connectivity index (χ4n) is 4.75. The summed E-state index contributed by atoms with van der Waals surface area (Å²) in [4.78, 5) is 0. The molecule has 0 N–H and O–H groups in total. The van der Waals surface area contributed by atoms with Crippen molar-refractivity contribution in [3.05, 3.63) is 35.4 Å². The third kappa shape index (κ3) is 6.40. The van der Waals surface area contributed by atoms with Crippen LogP contribution in [0.5, 0.6) is 11.5 Å². The minimum Gasteiger partial charge on any atom is -0.493 e. The summed E-state index contributed by atoms with van der Waals surface area (Å²) in [6, 6.07) is 8.74. The molecule has 1 unspecified atom stereocenters. The smallest absolute Gasteiger partial charge is 0.130 e. The van der Waals surface area contributed by atoms with Crippen molar-refractivity contribution < 1.29 is 9.47 Å². The van der Waals surface area contributed by atoms with Crippen LogP contribution in [0.15, 0.2) is 24.3 Å². The number of benzene rings is 2. The SMILES string of the molecule is CCCCCC1CCc2c(c(OCCC(C)C)c3ccccc3c2OCCC(C)C)C1. The number of fused-ring (bicyclic) bond motifs is 2. The molecule has 1 atom stereocenters. The molecule has 0 amide bonds. The Hall–Kier alpha value is -1.70. The van der Waals surface area contributed by atoms with E-state index in [1.54, 1.807) is 0 Å². The Morgan fingerprint density at radius 3 is 1.97 bits per heavy atom. The summed E-state index contributed by atoms with van der Waals surface area (Å²) in [5.41, 5.74) is 2.86. The fraction of sp³-hybridized carbons (Fsp3) is 0.655. The van der Waals surface area contributed by atoms with Gasteiger partial charge in [0.15, 0.2) is 0 Å². The third-order valence-corrected chi connectivity index (χ3v) is 6.72. The van der Waals surface area contributed by atoms with Gasteiger partial charge in [-0.05, 0) is 49.9 Å². The molecule has 0 radical (unpaired) electrons. The summed E-state index contributed by atoms with van der Waals surface area (Å²) in [5, 5.41) is 2.47. The van der Waals surface area contributed by atoms with Crippen molar-refractivity contribution >= 4 is 10.8 Å². The summed E-state index contributed by atoms with van der Waals surface area (Å²) in [6.45, 7) is 13.0. The number of hydrogen-bond acceptors (Lipinski definition) is 2. The highest BCUT2D eigenvalue weighted by atomic mass is 16.5. The maximum Gasteiger partial charge on any atom is 0.130 e. The maximum atomic E-state index is 6.54. The molecule has 0 aromatic heterocycles. The summed E-state index contributed by atoms with van der Waals surface area (Å²) in [5.74, 6) is 4.36. The summed E-state index contributed by atoms with van der Waals surface area (Å²) in [7, 11) is 0. The Bertz CT molecular complexity index is 821. The van der Waals surface area contributed by atoms with Gasteiger partial charge < -0.3 is 9.47 Å². The van der Waals surface area contributed by atoms with Crippen LogP contribution in [-0.4, -0.2) is 13.2 Å². The Balaban J connectivity index is 1.98. The van der Waals surface area contributed by atoms with Gasteiger partial charge in [-0.3, -0.25) is 0 Å². The zero-order valence-electron chi connectivity index (χ0n) is 20.6. The van der Waals surface area contributed by atoms with Gasteiger partial charge in [0.25, 0.3) is 0 Å². The number of rotatable bonds is 12. The van der Waals surface area contributed by atoms with Crippen molar-refractivity contribution in [3.8, 4) is 11.5 Å². The van der Waals surface area contributed by atoms with Gasteiger partial charge in [-0.25, -0.2) is 0 Å². The first-order valence-electron chi connectivity index (χ1n) is 12.8. The second-order valence-corrected chi connectivity index (χ2v) is 10.3. The standard InChI is InChI=1S/C29H44O2/c1-6-7-8-11-23-14-15-26-27(20-23)29(31-19-17-22(4)5)25-13-10-9-12-24(25)28(26)30-18-16-21(2)3/h9-10,12-13,21-23H,6-8,11,14-20H2,1-5H3. The highest BCUT2D eigenvalue weighted by Crippen LogP contribution is 2.46. The molecule has 0 saturated carbocycles. The summed E-state index contributed by atoms with van der Waals surface area (Å²) < 4.78 is 13.0. The lowest BCUT2D eigenvalue weighted by Gasteiger charge is -2.30. The topological polar surface area (TPSA) is 18.5 Å². The van der Waals surface area contributed by atoms with Crippen molar-refractivity contribution in [1.29, 1.82) is 0 Å². The van der Waals surface area contributed by atoms with E-state index in [2.05, 4.69) is 58.9 Å². The molecule has 0 saturated heterocycles. The Kier molecular flexibility index (Phi) is 9.11. The first-order valence-corrected chi connectivity index (χ1v) is 12.8. The van der Waals surface area contributed by atoms with E-state index in [-0.39, 0.29) is 0 Å². The molecule has 0 heterocycles. The molecule has 1 aliphatic carbocycles. The van der Waals surface area contributed by atoms with Gasteiger partial charge in [0, 0.05) is 21.9 Å². The lowest BCUT2D eigenvalue weighted by atomic mass is 9.79. The predicted octanol–water partition coefficient (Wildman–Crippen LogP) is 8.37. The van der Waals surface area contributed by atoms with E-state index in [1.807, 2.05) is 0 Å². The summed E-state index contributed by atoms with van der Waals surface area (Å²) >= 11 is 0. The van der Waals surface area contributed by atoms with E-state index >= 15 is 0 Å². The molecule has 2 heteroatoms. The van der Waals surface area contributed by atoms with Crippen LogP contribution >= 0.6 is 0 Å². The van der Waals surface area contributed by atoms with E-state index in [9.17, 15) is 0 Å². The van der Waals surface area contributed by atoms with E-state index in [1.165, 1.54) is 54.0 Å². The molecular formula is C29H44O2. The number of unbranched alkanes of at least 4 members (excludes halogenated alkanes) is 2. The van der Waals surface area contributed by atoms with Crippen LogP contribution in [0.1, 0.15) is 90.7 Å². The molecule has 0 fully saturated rings. The van der Waals surface area contributed by atoms with Crippen LogP contribution in [-0.2, 0) is 12.8 Å². The molecule has 2 nitrogen and oxygen atoms in total. The molecule has 172 valence electrons. The zero-order chi connectivity index (χ0) is 22.2. The lowest BCUT2D eigenvalue weighted by molar-refractivity contribution is 0.275. The van der Waals surface area contributed by atoms with Crippen molar-refractivity contribution in [2.24, 2.45) is 17.8 Å². The van der Waals surface area contributed by atoms with E-state index in [4.69, 9.17) is 9.47 Å². The Morgan fingerprint density at radius 1 is 0.839 bits per heavy atom. The van der Waals surface area contributed by atoms with Crippen LogP contribution in [0.25, 0.3) is 10.8 Å². The molecular weight excluding hydrogens is 380 g/mol. The second kappa shape index (κ2) is 11.8. The number of ether oxygens (including phenoxy) is 2. The van der Waals surface area contributed by atoms with E-state index in [0.717, 1.165) is 56.3 Å². The molecule has 2 aromatic rings. The minimum atomic E-state index is 0.655. The van der Waals surface area contributed by atoms with E-state index in [0.29, 0.717) is 11.8 Å². The van der Waals surface area contributed by atoms with Gasteiger partial charge in [0.2, 0.25) is 0 Å². The third-order valence-electron chi connectivity index (χ3n) is 6.72. The first-order chi connectivity index (χ1) is 15.0. The average molecular weight is 425 g/mol. The van der Waals surface area contributed by atoms with Crippen LogP contribution in [0.3, 0.4) is 0 Å². The quantitative estimate of drug-likeness (QED) is 0.319. The van der Waals surface area contributed by atoms with Crippen LogP contribution in [0.4, 0.5) is 0 Å². The van der Waals surface area contributed by atoms with Crippen molar-refractivity contribution in [1.82, 2.24) is 0 Å². The highest BCUT2D eigenvalue weighted by molar-refractivity contribution is 5.96. The van der Waals surface area contributed by atoms with Crippen LogP contribution in [0.2, 0.25) is 0 Å². The Labute approximate surface area is 190 Å². The Morgan fingerprint density at radius 2 is 1.42 bits per heavy atom. The molecule has 31 heavy (non-hydrogen) atoms. The fourth-order valence-corrected chi connectivity index (χ4v) is 4.75. The average Bonchev–Trinajstić information content (AvgIpc) is 2.74. The van der Waals surface area contributed by atoms with Gasteiger partial charge in [-0.2, -0.15) is 0 Å². The van der Waals surface area contributed by atoms with Gasteiger partial charge in [-0.1, -0.05) is 84.6 Å². The molecule has 0 bridgehead atoms. The van der Waals surface area contributed by atoms with E-state index < -0.39 is 0 Å². The predicted molar refractivity (Wildman–Crippen MR) is 134 cm³/mol. The maximum absolute atomic E-state index is 6.54. The van der Waals surface area contributed by atoms with Crippen LogP contribution < -0.4 is 9.47 Å². The first kappa shape index (κ1) is 24.0. The lowest BCUT2D eigenvalue weighted by Crippen LogP contribution is -2.18. The molecule has 2 aromatic carbocycles. The van der Waals surface area contributed by atoms with Crippen molar-refractivity contribution in [3.63, 3.8) is 0 Å². The molecule has 0 aliphatic heterocycles. The largest absolute Gasteiger partial charge is 0.493 e. The number of hydrogen-bond donors (Lipinski definition) is 0. The van der Waals surface area contributed by atoms with Gasteiger partial charge >= 0.3 is 0 Å². The molecule has 0 spiro atoms. The second-order valence-electron chi connectivity index (χ2n) is 10.3. The highest BCUT2D eigenvalue weighted by Gasteiger charge is 2.28. The minimum absolute atomic E-state index is 0.655. The van der Waals surface area contributed by atoms with Crippen molar-refractivity contribution in [2.75, 3.05) is 13.2 Å². The van der Waals surface area contributed by atoms with Crippen LogP contribution in [0, 0.1) is 17.8 Å². The van der Waals surface area contributed by atoms with Gasteiger partial charge in [-0.15, -0.1) is 0 Å². The van der Waals surface area contributed by atoms with Gasteiger partial charge in [0.05, 0.1) is 13.2 Å².